The summed E-state index contributed by atoms with van der Waals surface area (Å²) in [4.78, 5) is 17.2. The Labute approximate surface area is 168 Å². The van der Waals surface area contributed by atoms with Gasteiger partial charge in [-0.25, -0.2) is 0 Å². The third-order valence-electron chi connectivity index (χ3n) is 5.14. The van der Waals surface area contributed by atoms with E-state index < -0.39 is 0 Å². The van der Waals surface area contributed by atoms with E-state index in [1.165, 1.54) is 5.56 Å². The Morgan fingerprint density at radius 2 is 1.86 bits per heavy atom. The number of benzene rings is 1. The molecular formula is C22H33N5O. The highest BCUT2D eigenvalue weighted by atomic mass is 16.1. The molecule has 152 valence electrons. The van der Waals surface area contributed by atoms with Crippen LogP contribution in [0.4, 0.5) is 0 Å². The molecule has 0 unspecified atom stereocenters. The zero-order valence-corrected chi connectivity index (χ0v) is 17.2. The Balaban J connectivity index is 1.29. The van der Waals surface area contributed by atoms with E-state index in [9.17, 15) is 4.79 Å². The number of hydrogen-bond donors (Lipinski definition) is 2. The lowest BCUT2D eigenvalue weighted by Crippen LogP contribution is -2.46. The van der Waals surface area contributed by atoms with E-state index in [1.807, 2.05) is 6.07 Å². The minimum absolute atomic E-state index is 0.0843. The number of hydrogen-bond acceptors (Lipinski definition) is 4. The topological polar surface area (TPSA) is 64.3 Å². The van der Waals surface area contributed by atoms with E-state index in [1.54, 1.807) is 0 Å². The lowest BCUT2D eigenvalue weighted by Gasteiger charge is -2.34. The summed E-state index contributed by atoms with van der Waals surface area (Å²) in [7, 11) is 0. The van der Waals surface area contributed by atoms with Gasteiger partial charge in [0, 0.05) is 45.0 Å². The summed E-state index contributed by atoms with van der Waals surface area (Å²) >= 11 is 0. The van der Waals surface area contributed by atoms with Crippen LogP contribution in [0, 0.1) is 5.92 Å². The van der Waals surface area contributed by atoms with Gasteiger partial charge in [0.05, 0.1) is 0 Å². The van der Waals surface area contributed by atoms with E-state index in [2.05, 4.69) is 69.5 Å². The normalized spacial score (nSPS) is 15.8. The van der Waals surface area contributed by atoms with Gasteiger partial charge in [0.15, 0.2) is 0 Å². The van der Waals surface area contributed by atoms with Gasteiger partial charge < -0.3 is 10.2 Å². The minimum atomic E-state index is -0.0843. The van der Waals surface area contributed by atoms with Gasteiger partial charge >= 0.3 is 0 Å². The first-order valence-corrected chi connectivity index (χ1v) is 10.4. The molecule has 1 saturated heterocycles. The molecule has 6 nitrogen and oxygen atoms in total. The Morgan fingerprint density at radius 3 is 2.57 bits per heavy atom. The van der Waals surface area contributed by atoms with E-state index in [-0.39, 0.29) is 5.91 Å². The third kappa shape index (κ3) is 6.46. The fourth-order valence-electron chi connectivity index (χ4n) is 3.63. The first-order valence-electron chi connectivity index (χ1n) is 10.4. The summed E-state index contributed by atoms with van der Waals surface area (Å²) in [5.41, 5.74) is 2.90. The molecule has 0 spiro atoms. The van der Waals surface area contributed by atoms with Crippen molar-refractivity contribution in [1.82, 2.24) is 25.3 Å². The second kappa shape index (κ2) is 10.4. The maximum atomic E-state index is 12.2. The van der Waals surface area contributed by atoms with Crippen molar-refractivity contribution in [2.45, 2.75) is 33.2 Å². The van der Waals surface area contributed by atoms with Crippen LogP contribution in [0.25, 0.3) is 0 Å². The van der Waals surface area contributed by atoms with Gasteiger partial charge in [-0.15, -0.1) is 0 Å². The first kappa shape index (κ1) is 20.6. The summed E-state index contributed by atoms with van der Waals surface area (Å²) in [6.07, 6.45) is 1.88. The number of carbonyl (C=O) groups is 1. The van der Waals surface area contributed by atoms with Crippen molar-refractivity contribution in [3.63, 3.8) is 0 Å². The van der Waals surface area contributed by atoms with E-state index in [0.29, 0.717) is 18.2 Å². The quantitative estimate of drug-likeness (QED) is 0.653. The fourth-order valence-corrected chi connectivity index (χ4v) is 3.63. The van der Waals surface area contributed by atoms with Crippen LogP contribution in [-0.2, 0) is 13.0 Å². The molecule has 2 heterocycles. The fraction of sp³-hybridized carbons (Fsp3) is 0.545. The first-order chi connectivity index (χ1) is 13.6. The van der Waals surface area contributed by atoms with Gasteiger partial charge in [0.2, 0.25) is 0 Å². The number of nitrogens with one attached hydrogen (secondary N) is 2. The summed E-state index contributed by atoms with van der Waals surface area (Å²) in [6.45, 7) is 11.5. The molecule has 0 radical (unpaired) electrons. The number of aromatic amines is 1. The average molecular weight is 384 g/mol. The number of piperazine rings is 1. The van der Waals surface area contributed by atoms with Gasteiger partial charge in [-0.05, 0) is 36.9 Å². The predicted octanol–water partition coefficient (Wildman–Crippen LogP) is 2.55. The molecule has 0 aliphatic carbocycles. The number of rotatable bonds is 9. The predicted molar refractivity (Wildman–Crippen MR) is 112 cm³/mol. The second-order valence-electron chi connectivity index (χ2n) is 8.09. The molecule has 2 aromatic rings. The van der Waals surface area contributed by atoms with Gasteiger partial charge in [0.25, 0.3) is 5.91 Å². The molecule has 1 aliphatic rings. The van der Waals surface area contributed by atoms with Crippen molar-refractivity contribution in [3.8, 4) is 0 Å². The Morgan fingerprint density at radius 1 is 1.14 bits per heavy atom. The molecule has 0 saturated carbocycles. The molecule has 1 aromatic heterocycles. The Hall–Kier alpha value is -2.18. The van der Waals surface area contributed by atoms with Crippen molar-refractivity contribution < 1.29 is 4.79 Å². The van der Waals surface area contributed by atoms with Gasteiger partial charge in [-0.3, -0.25) is 14.8 Å². The van der Waals surface area contributed by atoms with E-state index >= 15 is 0 Å². The van der Waals surface area contributed by atoms with Crippen molar-refractivity contribution in [2.75, 3.05) is 39.3 Å². The van der Waals surface area contributed by atoms with Gasteiger partial charge in [-0.1, -0.05) is 44.2 Å². The molecule has 1 aromatic carbocycles. The summed E-state index contributed by atoms with van der Waals surface area (Å²) < 4.78 is 0. The highest BCUT2D eigenvalue weighted by Crippen LogP contribution is 2.09. The van der Waals surface area contributed by atoms with Crippen molar-refractivity contribution in [3.05, 3.63) is 53.3 Å². The number of H-pyrrole nitrogens is 1. The monoisotopic (exact) mass is 383 g/mol. The molecule has 2 N–H and O–H groups in total. The lowest BCUT2D eigenvalue weighted by molar-refractivity contribution is 0.0942. The molecular weight excluding hydrogens is 350 g/mol. The average Bonchev–Trinajstić information content (AvgIpc) is 3.15. The SMILES string of the molecule is CC(C)Cc1cc(C(=O)NCCCN2CCN(Cc3ccccc3)CC2)n[nH]1. The summed E-state index contributed by atoms with van der Waals surface area (Å²) in [5.74, 6) is 0.462. The molecule has 1 fully saturated rings. The number of nitrogens with zero attached hydrogens (tertiary/aromatic N) is 3. The minimum Gasteiger partial charge on any atom is -0.351 e. The Kier molecular flexibility index (Phi) is 7.62. The molecule has 0 bridgehead atoms. The zero-order valence-electron chi connectivity index (χ0n) is 17.2. The molecule has 28 heavy (non-hydrogen) atoms. The standard InChI is InChI=1S/C22H33N5O/c1-18(2)15-20-16-21(25-24-20)22(28)23-9-6-10-26-11-13-27(14-12-26)17-19-7-4-3-5-8-19/h3-5,7-8,16,18H,6,9-15,17H2,1-2H3,(H,23,28)(H,24,25). The van der Waals surface area contributed by atoms with Gasteiger partial charge in [-0.2, -0.15) is 5.10 Å². The van der Waals surface area contributed by atoms with Crippen LogP contribution in [0.2, 0.25) is 0 Å². The van der Waals surface area contributed by atoms with Crippen LogP contribution in [-0.4, -0.2) is 65.2 Å². The number of aromatic nitrogens is 2. The van der Waals surface area contributed by atoms with Crippen molar-refractivity contribution in [1.29, 1.82) is 0 Å². The summed E-state index contributed by atoms with van der Waals surface area (Å²) in [5, 5.41) is 10.1. The highest BCUT2D eigenvalue weighted by molar-refractivity contribution is 5.92. The van der Waals surface area contributed by atoms with Gasteiger partial charge in [0.1, 0.15) is 5.69 Å². The lowest BCUT2D eigenvalue weighted by atomic mass is 10.1. The molecule has 6 heteroatoms. The van der Waals surface area contributed by atoms with Crippen LogP contribution in [0.15, 0.2) is 36.4 Å². The largest absolute Gasteiger partial charge is 0.351 e. The maximum absolute atomic E-state index is 12.2. The Bertz CT molecular complexity index is 720. The van der Waals surface area contributed by atoms with E-state index in [0.717, 1.165) is 57.8 Å². The van der Waals surface area contributed by atoms with E-state index in [4.69, 9.17) is 0 Å². The van der Waals surface area contributed by atoms with Crippen molar-refractivity contribution >= 4 is 5.91 Å². The zero-order chi connectivity index (χ0) is 19.8. The van der Waals surface area contributed by atoms with Crippen LogP contribution >= 0.6 is 0 Å². The van der Waals surface area contributed by atoms with Crippen LogP contribution in [0.3, 0.4) is 0 Å². The molecule has 3 rings (SSSR count). The van der Waals surface area contributed by atoms with Crippen molar-refractivity contribution in [2.24, 2.45) is 5.92 Å². The smallest absolute Gasteiger partial charge is 0.271 e. The maximum Gasteiger partial charge on any atom is 0.271 e. The molecule has 1 amide bonds. The van der Waals surface area contributed by atoms with Crippen LogP contribution < -0.4 is 5.32 Å². The van der Waals surface area contributed by atoms with Crippen LogP contribution in [0.5, 0.6) is 0 Å². The number of amides is 1. The van der Waals surface area contributed by atoms with Crippen LogP contribution in [0.1, 0.15) is 42.0 Å². The highest BCUT2D eigenvalue weighted by Gasteiger charge is 2.17. The second-order valence-corrected chi connectivity index (χ2v) is 8.09. The molecule has 1 aliphatic heterocycles. The molecule has 0 atom stereocenters. The number of carbonyl (C=O) groups excluding carboxylic acids is 1. The summed E-state index contributed by atoms with van der Waals surface area (Å²) in [6, 6.07) is 12.5. The third-order valence-corrected chi connectivity index (χ3v) is 5.14.